The van der Waals surface area contributed by atoms with Crippen molar-refractivity contribution >= 4 is 33.2 Å². The molecule has 0 bridgehead atoms. The summed E-state index contributed by atoms with van der Waals surface area (Å²) in [5.74, 6) is 0.738. The van der Waals surface area contributed by atoms with E-state index in [9.17, 15) is 5.26 Å². The maximum atomic E-state index is 10.2. The Kier molecular flexibility index (Phi) is 7.45. The Morgan fingerprint density at radius 1 is 0.729 bits per heavy atom. The van der Waals surface area contributed by atoms with Gasteiger partial charge < -0.3 is 9.47 Å². The molecule has 0 unspecified atom stereocenters. The normalized spacial score (nSPS) is 11.8. The molecular formula is C40H25BrClN4O2+. The summed E-state index contributed by atoms with van der Waals surface area (Å²) in [5, 5.41) is 10.8. The fraction of sp³-hybridized carbons (Fsp3) is 0.100. The summed E-state index contributed by atoms with van der Waals surface area (Å²) in [7, 11) is 3.16. The van der Waals surface area contributed by atoms with Crippen molar-refractivity contribution in [2.75, 3.05) is 14.2 Å². The van der Waals surface area contributed by atoms with Gasteiger partial charge in [-0.2, -0.15) is 5.26 Å². The number of rotatable bonds is 4. The third-order valence-corrected chi connectivity index (χ3v) is 9.67. The number of ether oxygens (including phenoxy) is 2. The second-order valence-corrected chi connectivity index (χ2v) is 13.0. The second kappa shape index (κ2) is 12.0. The number of halogens is 2. The quantitative estimate of drug-likeness (QED) is 0.182. The van der Waals surface area contributed by atoms with Crippen molar-refractivity contribution in [1.29, 1.82) is 5.26 Å². The molecule has 4 aromatic carbocycles. The molecule has 0 saturated heterocycles. The first-order valence-electron chi connectivity index (χ1n) is 15.3. The lowest BCUT2D eigenvalue weighted by atomic mass is 9.94. The highest BCUT2D eigenvalue weighted by molar-refractivity contribution is 9.10. The van der Waals surface area contributed by atoms with Crippen molar-refractivity contribution in [2.45, 2.75) is 12.8 Å². The molecule has 48 heavy (non-hydrogen) atoms. The summed E-state index contributed by atoms with van der Waals surface area (Å²) < 4.78 is 12.5. The molecule has 2 aromatic heterocycles. The number of methoxy groups -OCH3 is 2. The van der Waals surface area contributed by atoms with Gasteiger partial charge in [-0.15, -0.1) is 0 Å². The van der Waals surface area contributed by atoms with Gasteiger partial charge in [-0.25, -0.2) is 9.97 Å². The van der Waals surface area contributed by atoms with Crippen LogP contribution in [0.25, 0.3) is 49.6 Å². The highest BCUT2D eigenvalue weighted by atomic mass is 79.9. The van der Waals surface area contributed by atoms with Gasteiger partial charge in [-0.1, -0.05) is 82.1 Å². The van der Waals surface area contributed by atoms with Crippen molar-refractivity contribution < 1.29 is 9.47 Å². The molecule has 8 rings (SSSR count). The molecule has 0 spiro atoms. The van der Waals surface area contributed by atoms with Gasteiger partial charge in [-0.05, 0) is 62.5 Å². The molecule has 230 valence electrons. The van der Waals surface area contributed by atoms with E-state index in [1.807, 2.05) is 54.6 Å². The number of benzene rings is 4. The Morgan fingerprint density at radius 2 is 1.40 bits per heavy atom. The third-order valence-electron chi connectivity index (χ3n) is 8.93. The molecule has 0 aliphatic heterocycles. The first-order chi connectivity index (χ1) is 23.5. The van der Waals surface area contributed by atoms with Crippen LogP contribution in [0.1, 0.15) is 33.4 Å². The number of fused-ring (bicyclic) bond motifs is 6. The van der Waals surface area contributed by atoms with Crippen molar-refractivity contribution in [3.05, 3.63) is 139 Å². The zero-order valence-corrected chi connectivity index (χ0v) is 28.3. The van der Waals surface area contributed by atoms with E-state index >= 15 is 0 Å². The molecule has 2 aliphatic carbocycles. The van der Waals surface area contributed by atoms with Gasteiger partial charge >= 0.3 is 11.8 Å². The van der Waals surface area contributed by atoms with Crippen LogP contribution in [0.5, 0.6) is 11.8 Å². The van der Waals surface area contributed by atoms with E-state index < -0.39 is 0 Å². The molecule has 0 fully saturated rings. The third kappa shape index (κ3) is 4.91. The molecule has 2 heterocycles. The molecule has 6 aromatic rings. The van der Waals surface area contributed by atoms with Crippen LogP contribution in [0.15, 0.2) is 95.5 Å². The van der Waals surface area contributed by atoms with Gasteiger partial charge in [0.15, 0.2) is 5.56 Å². The first-order valence-corrected chi connectivity index (χ1v) is 16.5. The molecule has 6 nitrogen and oxygen atoms in total. The lowest BCUT2D eigenvalue weighted by molar-refractivity contribution is 0.397. The zero-order valence-electron chi connectivity index (χ0n) is 25.9. The summed E-state index contributed by atoms with van der Waals surface area (Å²) in [4.78, 5) is 14.7. The molecule has 0 atom stereocenters. The predicted octanol–water partition coefficient (Wildman–Crippen LogP) is 10.3. The van der Waals surface area contributed by atoms with Crippen molar-refractivity contribution in [3.63, 3.8) is 0 Å². The van der Waals surface area contributed by atoms with Crippen molar-refractivity contribution in [3.8, 4) is 68.7 Å². The molecule has 0 N–H and O–H groups in total. The highest BCUT2D eigenvalue weighted by Gasteiger charge is 2.32. The Morgan fingerprint density at radius 3 is 2.10 bits per heavy atom. The lowest BCUT2D eigenvalue weighted by Crippen LogP contribution is -2.00. The summed E-state index contributed by atoms with van der Waals surface area (Å²) in [6, 6.07) is 35.8. The van der Waals surface area contributed by atoms with Crippen molar-refractivity contribution in [2.24, 2.45) is 0 Å². The number of nitrogens with zero attached hydrogens (tertiary/aromatic N) is 4. The fourth-order valence-corrected chi connectivity index (χ4v) is 7.33. The van der Waals surface area contributed by atoms with Crippen LogP contribution in [0.4, 0.5) is 5.69 Å². The molecule has 0 amide bonds. The van der Waals surface area contributed by atoms with E-state index in [2.05, 4.69) is 64.5 Å². The van der Waals surface area contributed by atoms with E-state index in [0.717, 1.165) is 72.4 Å². The summed E-state index contributed by atoms with van der Waals surface area (Å²) in [5.41, 5.74) is 13.6. The Hall–Kier alpha value is -5.47. The van der Waals surface area contributed by atoms with Crippen LogP contribution in [0.2, 0.25) is 5.02 Å². The number of aromatic nitrogens is 2. The predicted molar refractivity (Wildman–Crippen MR) is 192 cm³/mol. The standard InChI is InChI=1S/C40H25BrClN4O2/c1-47-39-33(20-43)35(22-10-13-27(42)14-11-22)31-18-24-12-15-28(19-30(24)38(31)46-39)44-21-34-36(25-7-5-8-26(41)16-25)32-17-23-6-3-4-9-29(23)37(32)45-40(34)48-2/h3-16,19H,17-18H2,1-2H3/q+1. The summed E-state index contributed by atoms with van der Waals surface area (Å²) >= 11 is 9.86. The van der Waals surface area contributed by atoms with E-state index in [4.69, 9.17) is 35.9 Å². The van der Waals surface area contributed by atoms with Crippen LogP contribution in [0.3, 0.4) is 0 Å². The Balaban J connectivity index is 1.28. The zero-order chi connectivity index (χ0) is 32.9. The lowest BCUT2D eigenvalue weighted by Gasteiger charge is -2.14. The topological polar surface area (TPSA) is 72.4 Å². The minimum atomic E-state index is 0.281. The van der Waals surface area contributed by atoms with Crippen LogP contribution in [-0.2, 0) is 12.8 Å². The number of hydrogen-bond acceptors (Lipinski definition) is 5. The second-order valence-electron chi connectivity index (χ2n) is 11.6. The highest BCUT2D eigenvalue weighted by Crippen LogP contribution is 2.47. The van der Waals surface area contributed by atoms with Crippen molar-refractivity contribution in [1.82, 2.24) is 9.97 Å². The van der Waals surface area contributed by atoms with Gasteiger partial charge in [0.05, 0.1) is 25.6 Å². The fourth-order valence-electron chi connectivity index (χ4n) is 6.81. The molecule has 0 radical (unpaired) electrons. The van der Waals surface area contributed by atoms with E-state index in [0.29, 0.717) is 34.1 Å². The monoisotopic (exact) mass is 707 g/mol. The van der Waals surface area contributed by atoms with E-state index in [1.165, 1.54) is 12.7 Å². The minimum Gasteiger partial charge on any atom is -0.480 e. The van der Waals surface area contributed by atoms with Crippen LogP contribution in [0, 0.1) is 17.4 Å². The van der Waals surface area contributed by atoms with Crippen LogP contribution >= 0.6 is 27.5 Å². The molecule has 8 heteroatoms. The minimum absolute atomic E-state index is 0.281. The van der Waals surface area contributed by atoms with Gasteiger partial charge in [-0.3, -0.25) is 0 Å². The average Bonchev–Trinajstić information content (AvgIpc) is 3.67. The Bertz CT molecular complexity index is 2420. The SMILES string of the molecule is COc1nc2c(c(-c3cccc(Br)c3)c1C#[N+]c1ccc3c(c1)-c1nc(OC)c(C#N)c(-c4ccc(Cl)cc4)c1C3)Cc1ccccc1-2. The number of nitriles is 1. The molecular weight excluding hydrogens is 684 g/mol. The van der Waals surface area contributed by atoms with Gasteiger partial charge in [0.25, 0.3) is 0 Å². The van der Waals surface area contributed by atoms with Gasteiger partial charge in [0.2, 0.25) is 11.8 Å². The number of hydrogen-bond donors (Lipinski definition) is 0. The number of pyridine rings is 2. The maximum Gasteiger partial charge on any atom is 0.341 e. The largest absolute Gasteiger partial charge is 0.480 e. The maximum absolute atomic E-state index is 10.2. The van der Waals surface area contributed by atoms with Crippen LogP contribution in [-0.4, -0.2) is 24.2 Å². The molecule has 0 saturated carbocycles. The van der Waals surface area contributed by atoms with Crippen LogP contribution < -0.4 is 9.47 Å². The Labute approximate surface area is 291 Å². The van der Waals surface area contributed by atoms with Gasteiger partial charge in [0, 0.05) is 56.7 Å². The first kappa shape index (κ1) is 29.9. The molecule has 2 aliphatic rings. The smallest absolute Gasteiger partial charge is 0.341 e. The van der Waals surface area contributed by atoms with E-state index in [1.54, 1.807) is 7.11 Å². The van der Waals surface area contributed by atoms with Gasteiger partial charge in [0.1, 0.15) is 11.6 Å². The summed E-state index contributed by atoms with van der Waals surface area (Å²) in [6.45, 7) is 0. The van der Waals surface area contributed by atoms with E-state index in [-0.39, 0.29) is 5.88 Å². The average molecular weight is 709 g/mol. The summed E-state index contributed by atoms with van der Waals surface area (Å²) in [6.07, 6.45) is 1.38.